The summed E-state index contributed by atoms with van der Waals surface area (Å²) in [5, 5.41) is 9.44. The molecule has 1 atom stereocenters. The van der Waals surface area contributed by atoms with Crippen LogP contribution in [-0.4, -0.2) is 70.8 Å². The van der Waals surface area contributed by atoms with Crippen molar-refractivity contribution in [3.8, 4) is 5.75 Å². The highest BCUT2D eigenvalue weighted by Gasteiger charge is 2.23. The van der Waals surface area contributed by atoms with Crippen molar-refractivity contribution in [1.29, 1.82) is 0 Å². The molecule has 3 N–H and O–H groups in total. The maximum Gasteiger partial charge on any atom is 0.319 e. The number of rotatable bonds is 9. The molecule has 12 nitrogen and oxygen atoms in total. The molecular weight excluding hydrogens is 584 g/mol. The number of carbonyl (C=O) groups is 2. The van der Waals surface area contributed by atoms with Crippen molar-refractivity contribution in [2.45, 2.75) is 33.0 Å². The van der Waals surface area contributed by atoms with Crippen molar-refractivity contribution >= 4 is 34.8 Å². The zero-order chi connectivity index (χ0) is 32.0. The number of methoxy groups -OCH3 is 1. The number of ether oxygens (including phenoxy) is 2. The van der Waals surface area contributed by atoms with E-state index < -0.39 is 0 Å². The molecule has 238 valence electrons. The summed E-state index contributed by atoms with van der Waals surface area (Å²) in [5.74, 6) is 2.11. The summed E-state index contributed by atoms with van der Waals surface area (Å²) in [5.41, 5.74) is 4.96. The fourth-order valence-corrected chi connectivity index (χ4v) is 5.62. The molecule has 2 aromatic carbocycles. The van der Waals surface area contributed by atoms with Crippen LogP contribution in [0.3, 0.4) is 0 Å². The number of hydrogen-bond acceptors (Lipinski definition) is 8. The monoisotopic (exact) mass is 622 g/mol. The molecule has 4 aromatic rings. The standard InChI is InChI=1S/C34H38N8O4/c1-23(19-25-7-10-27(45-3)11-8-25)37-34(44)39-28-5-4-6-30(24(28)2)42-21-29(32-35-13-14-41(32)22-42)38-31-12-9-26(20-36-31)33(43)40-15-17-46-18-16-40/h4-14,20-21,23H,15-19,22H2,1-3H3,(H,36,38)(H2,37,39,44). The van der Waals surface area contributed by atoms with E-state index in [0.717, 1.165) is 34.1 Å². The van der Waals surface area contributed by atoms with E-state index in [9.17, 15) is 9.59 Å². The predicted molar refractivity (Wildman–Crippen MR) is 177 cm³/mol. The van der Waals surface area contributed by atoms with Crippen molar-refractivity contribution in [2.75, 3.05) is 48.9 Å². The van der Waals surface area contributed by atoms with Gasteiger partial charge in [0.15, 0.2) is 5.82 Å². The fourth-order valence-electron chi connectivity index (χ4n) is 5.62. The maximum absolute atomic E-state index is 13.0. The lowest BCUT2D eigenvalue weighted by atomic mass is 10.1. The van der Waals surface area contributed by atoms with Crippen LogP contribution in [0.2, 0.25) is 0 Å². The van der Waals surface area contributed by atoms with Crippen LogP contribution in [0.5, 0.6) is 5.75 Å². The number of fused-ring (bicyclic) bond motifs is 1. The first-order valence-corrected chi connectivity index (χ1v) is 15.3. The molecule has 2 aliphatic heterocycles. The minimum Gasteiger partial charge on any atom is -0.497 e. The second-order valence-electron chi connectivity index (χ2n) is 11.3. The molecule has 0 saturated carbocycles. The van der Waals surface area contributed by atoms with Gasteiger partial charge in [0.1, 0.15) is 18.2 Å². The number of nitrogens with zero attached hydrogens (tertiary/aromatic N) is 5. The van der Waals surface area contributed by atoms with Gasteiger partial charge in [-0.25, -0.2) is 14.8 Å². The Labute approximate surface area is 268 Å². The Kier molecular flexibility index (Phi) is 9.15. The van der Waals surface area contributed by atoms with Gasteiger partial charge in [0.25, 0.3) is 5.91 Å². The van der Waals surface area contributed by atoms with Crippen LogP contribution in [0.4, 0.5) is 22.0 Å². The molecule has 0 spiro atoms. The Morgan fingerprint density at radius 3 is 2.59 bits per heavy atom. The highest BCUT2D eigenvalue weighted by atomic mass is 16.5. The lowest BCUT2D eigenvalue weighted by Crippen LogP contribution is -2.40. The number of morpholine rings is 1. The SMILES string of the molecule is COc1ccc(CC(C)NC(=O)Nc2cccc(N3C=C(Nc4ccc(C(=O)N5CCOCC5)cn4)c4nccn4C3)c2C)cc1. The van der Waals surface area contributed by atoms with E-state index in [1.54, 1.807) is 36.5 Å². The van der Waals surface area contributed by atoms with Gasteiger partial charge in [-0.3, -0.25) is 4.79 Å². The first-order valence-electron chi connectivity index (χ1n) is 15.3. The number of urea groups is 1. The Bertz CT molecular complexity index is 1710. The normalized spacial score (nSPS) is 15.0. The maximum atomic E-state index is 13.0. The molecular formula is C34H38N8O4. The van der Waals surface area contributed by atoms with Crippen LogP contribution in [0.25, 0.3) is 5.70 Å². The molecule has 3 amide bonds. The largest absolute Gasteiger partial charge is 0.497 e. The fraction of sp³-hybridized carbons (Fsp3) is 0.294. The van der Waals surface area contributed by atoms with Crippen LogP contribution < -0.4 is 25.6 Å². The van der Waals surface area contributed by atoms with Gasteiger partial charge in [-0.1, -0.05) is 18.2 Å². The molecule has 2 aliphatic rings. The Morgan fingerprint density at radius 2 is 1.85 bits per heavy atom. The number of imidazole rings is 1. The van der Waals surface area contributed by atoms with E-state index in [2.05, 4.69) is 30.8 Å². The van der Waals surface area contributed by atoms with Gasteiger partial charge in [-0.05, 0) is 67.8 Å². The summed E-state index contributed by atoms with van der Waals surface area (Å²) in [7, 11) is 1.64. The quantitative estimate of drug-likeness (QED) is 0.245. The number of benzene rings is 2. The average molecular weight is 623 g/mol. The topological polar surface area (TPSA) is 126 Å². The third kappa shape index (κ3) is 6.97. The number of nitrogens with one attached hydrogen (secondary N) is 3. The highest BCUT2D eigenvalue weighted by molar-refractivity contribution is 5.94. The number of aromatic nitrogens is 3. The minimum absolute atomic E-state index is 0.0507. The third-order valence-electron chi connectivity index (χ3n) is 8.06. The lowest BCUT2D eigenvalue weighted by Gasteiger charge is -2.30. The first kappa shape index (κ1) is 30.7. The van der Waals surface area contributed by atoms with E-state index in [1.165, 1.54) is 0 Å². The van der Waals surface area contributed by atoms with Gasteiger partial charge in [0.05, 0.1) is 31.6 Å². The van der Waals surface area contributed by atoms with E-state index in [0.29, 0.717) is 56.5 Å². The predicted octanol–water partition coefficient (Wildman–Crippen LogP) is 4.71. The van der Waals surface area contributed by atoms with E-state index in [4.69, 9.17) is 9.47 Å². The van der Waals surface area contributed by atoms with Crippen LogP contribution in [0.15, 0.2) is 79.4 Å². The molecule has 4 heterocycles. The average Bonchev–Trinajstić information content (AvgIpc) is 3.56. The first-order chi connectivity index (χ1) is 22.4. The Hall–Kier alpha value is -5.36. The minimum atomic E-state index is -0.267. The molecule has 1 fully saturated rings. The highest BCUT2D eigenvalue weighted by Crippen LogP contribution is 2.32. The molecule has 0 bridgehead atoms. The molecule has 2 aromatic heterocycles. The van der Waals surface area contributed by atoms with Crippen molar-refractivity contribution in [2.24, 2.45) is 0 Å². The summed E-state index contributed by atoms with van der Waals surface area (Å²) in [4.78, 5) is 38.8. The summed E-state index contributed by atoms with van der Waals surface area (Å²) in [6, 6.07) is 16.9. The van der Waals surface area contributed by atoms with Crippen molar-refractivity contribution in [3.63, 3.8) is 0 Å². The van der Waals surface area contributed by atoms with Gasteiger partial charge < -0.3 is 39.8 Å². The molecule has 0 aliphatic carbocycles. The molecule has 46 heavy (non-hydrogen) atoms. The molecule has 12 heteroatoms. The van der Waals surface area contributed by atoms with Crippen LogP contribution in [0.1, 0.15) is 34.2 Å². The van der Waals surface area contributed by atoms with E-state index in [1.807, 2.05) is 73.3 Å². The van der Waals surface area contributed by atoms with Gasteiger partial charge in [-0.15, -0.1) is 0 Å². The zero-order valence-electron chi connectivity index (χ0n) is 26.2. The van der Waals surface area contributed by atoms with Crippen LogP contribution in [-0.2, 0) is 17.8 Å². The summed E-state index contributed by atoms with van der Waals surface area (Å²) in [6.07, 6.45) is 7.95. The van der Waals surface area contributed by atoms with Crippen molar-refractivity contribution in [1.82, 2.24) is 24.8 Å². The number of anilines is 3. The lowest BCUT2D eigenvalue weighted by molar-refractivity contribution is 0.0302. The molecule has 0 radical (unpaired) electrons. The van der Waals surface area contributed by atoms with Gasteiger partial charge in [0.2, 0.25) is 0 Å². The summed E-state index contributed by atoms with van der Waals surface area (Å²) in [6.45, 7) is 6.76. The third-order valence-corrected chi connectivity index (χ3v) is 8.06. The van der Waals surface area contributed by atoms with Gasteiger partial charge in [-0.2, -0.15) is 0 Å². The Balaban J connectivity index is 1.14. The van der Waals surface area contributed by atoms with Gasteiger partial charge in [0, 0.05) is 55.3 Å². The smallest absolute Gasteiger partial charge is 0.319 e. The van der Waals surface area contributed by atoms with E-state index in [-0.39, 0.29) is 18.0 Å². The molecule has 6 rings (SSSR count). The number of pyridine rings is 1. The number of amides is 3. The van der Waals surface area contributed by atoms with E-state index >= 15 is 0 Å². The molecule has 1 saturated heterocycles. The molecule has 1 unspecified atom stereocenters. The second kappa shape index (κ2) is 13.7. The van der Waals surface area contributed by atoms with Crippen molar-refractivity contribution in [3.05, 3.63) is 102 Å². The number of carbonyl (C=O) groups excluding carboxylic acids is 2. The van der Waals surface area contributed by atoms with Crippen molar-refractivity contribution < 1.29 is 19.1 Å². The van der Waals surface area contributed by atoms with Crippen LogP contribution in [0, 0.1) is 6.92 Å². The number of hydrogen-bond donors (Lipinski definition) is 3. The van der Waals surface area contributed by atoms with Crippen LogP contribution >= 0.6 is 0 Å². The summed E-state index contributed by atoms with van der Waals surface area (Å²) >= 11 is 0. The second-order valence-corrected chi connectivity index (χ2v) is 11.3. The zero-order valence-corrected chi connectivity index (χ0v) is 26.2. The summed E-state index contributed by atoms with van der Waals surface area (Å²) < 4.78 is 12.6. The van der Waals surface area contributed by atoms with Gasteiger partial charge >= 0.3 is 6.03 Å². The Morgan fingerprint density at radius 1 is 1.04 bits per heavy atom.